The van der Waals surface area contributed by atoms with Gasteiger partial charge in [-0.3, -0.25) is 9.59 Å². The number of fused-ring (bicyclic) bond motifs is 1. The first-order valence-electron chi connectivity index (χ1n) is 11.2. The maximum absolute atomic E-state index is 13.7. The Kier molecular flexibility index (Phi) is 6.59. The van der Waals surface area contributed by atoms with Crippen LogP contribution >= 0.6 is 0 Å². The van der Waals surface area contributed by atoms with Crippen molar-refractivity contribution in [2.24, 2.45) is 0 Å². The standard InChI is InChI=1S/C28H29N3O2/c1-4-30(19-22-14-16-23(17-15-22)27(32)29(2)3)28(33)26-18-24-12-8-9-13-25(24)31(26)20-21-10-6-5-7-11-21/h5-18H,4,19-20H2,1-3H3. The Hall–Kier alpha value is -3.86. The fourth-order valence-corrected chi connectivity index (χ4v) is 4.04. The number of carbonyl (C=O) groups excluding carboxylic acids is 2. The highest BCUT2D eigenvalue weighted by Gasteiger charge is 2.21. The van der Waals surface area contributed by atoms with Crippen LogP contribution in [0.1, 0.15) is 38.9 Å². The SMILES string of the molecule is CCN(Cc1ccc(C(=O)N(C)C)cc1)C(=O)c1cc2ccccc2n1Cc1ccccc1. The van der Waals surface area contributed by atoms with Crippen LogP contribution in [0.25, 0.3) is 10.9 Å². The Bertz CT molecular complexity index is 1260. The minimum absolute atomic E-state index is 0.00178. The molecule has 0 aliphatic carbocycles. The molecule has 0 radical (unpaired) electrons. The van der Waals surface area contributed by atoms with E-state index in [-0.39, 0.29) is 11.8 Å². The highest BCUT2D eigenvalue weighted by Crippen LogP contribution is 2.23. The molecule has 4 aromatic rings. The summed E-state index contributed by atoms with van der Waals surface area (Å²) >= 11 is 0. The van der Waals surface area contributed by atoms with Gasteiger partial charge in [0.15, 0.2) is 0 Å². The summed E-state index contributed by atoms with van der Waals surface area (Å²) in [6.07, 6.45) is 0. The van der Waals surface area contributed by atoms with E-state index in [0.717, 1.165) is 22.0 Å². The molecule has 1 heterocycles. The molecule has 0 atom stereocenters. The van der Waals surface area contributed by atoms with Gasteiger partial charge in [0.1, 0.15) is 5.69 Å². The Morgan fingerprint density at radius 3 is 2.12 bits per heavy atom. The Balaban J connectivity index is 1.62. The Morgan fingerprint density at radius 2 is 1.45 bits per heavy atom. The molecule has 5 nitrogen and oxygen atoms in total. The summed E-state index contributed by atoms with van der Waals surface area (Å²) in [6, 6.07) is 27.8. The monoisotopic (exact) mass is 439 g/mol. The van der Waals surface area contributed by atoms with Gasteiger partial charge in [0.2, 0.25) is 0 Å². The summed E-state index contributed by atoms with van der Waals surface area (Å²) < 4.78 is 2.11. The van der Waals surface area contributed by atoms with Gasteiger partial charge < -0.3 is 14.4 Å². The molecular formula is C28H29N3O2. The van der Waals surface area contributed by atoms with E-state index < -0.39 is 0 Å². The molecule has 5 heteroatoms. The van der Waals surface area contributed by atoms with Gasteiger partial charge in [0, 0.05) is 50.2 Å². The average Bonchev–Trinajstić information content (AvgIpc) is 3.21. The maximum atomic E-state index is 13.7. The van der Waals surface area contributed by atoms with E-state index in [1.165, 1.54) is 0 Å². The van der Waals surface area contributed by atoms with Gasteiger partial charge in [0.25, 0.3) is 11.8 Å². The highest BCUT2D eigenvalue weighted by molar-refractivity contribution is 5.99. The second-order valence-electron chi connectivity index (χ2n) is 8.38. The Labute approximate surface area is 194 Å². The van der Waals surface area contributed by atoms with Crippen molar-refractivity contribution in [2.45, 2.75) is 20.0 Å². The van der Waals surface area contributed by atoms with E-state index >= 15 is 0 Å². The lowest BCUT2D eigenvalue weighted by molar-refractivity contribution is 0.0741. The van der Waals surface area contributed by atoms with Crippen molar-refractivity contribution < 1.29 is 9.59 Å². The van der Waals surface area contributed by atoms with E-state index in [1.807, 2.05) is 78.6 Å². The van der Waals surface area contributed by atoms with Gasteiger partial charge in [-0.25, -0.2) is 0 Å². The number of nitrogens with zero attached hydrogens (tertiary/aromatic N) is 3. The third kappa shape index (κ3) is 4.82. The molecule has 0 fully saturated rings. The lowest BCUT2D eigenvalue weighted by Gasteiger charge is -2.22. The average molecular weight is 440 g/mol. The van der Waals surface area contributed by atoms with Crippen molar-refractivity contribution >= 4 is 22.7 Å². The van der Waals surface area contributed by atoms with Gasteiger partial charge in [0.05, 0.1) is 0 Å². The summed E-state index contributed by atoms with van der Waals surface area (Å²) in [4.78, 5) is 29.2. The first-order chi connectivity index (χ1) is 16.0. The van der Waals surface area contributed by atoms with Crippen LogP contribution in [0.4, 0.5) is 0 Å². The summed E-state index contributed by atoms with van der Waals surface area (Å²) in [5.74, 6) is -0.0338. The molecule has 0 aliphatic heterocycles. The normalized spacial score (nSPS) is 10.9. The van der Waals surface area contributed by atoms with Crippen LogP contribution in [0, 0.1) is 0 Å². The van der Waals surface area contributed by atoms with Crippen LogP contribution < -0.4 is 0 Å². The molecule has 0 spiro atoms. The minimum atomic E-state index is -0.0320. The number of aromatic nitrogens is 1. The summed E-state index contributed by atoms with van der Waals surface area (Å²) in [5, 5.41) is 1.05. The van der Waals surface area contributed by atoms with E-state index in [0.29, 0.717) is 30.9 Å². The van der Waals surface area contributed by atoms with E-state index in [2.05, 4.69) is 22.8 Å². The van der Waals surface area contributed by atoms with Crippen LogP contribution in [-0.2, 0) is 13.1 Å². The minimum Gasteiger partial charge on any atom is -0.345 e. The van der Waals surface area contributed by atoms with Crippen LogP contribution in [-0.4, -0.2) is 46.8 Å². The molecule has 33 heavy (non-hydrogen) atoms. The quantitative estimate of drug-likeness (QED) is 0.404. The second kappa shape index (κ2) is 9.74. The van der Waals surface area contributed by atoms with Crippen molar-refractivity contribution in [1.82, 2.24) is 14.4 Å². The lowest BCUT2D eigenvalue weighted by atomic mass is 10.1. The Morgan fingerprint density at radius 1 is 0.788 bits per heavy atom. The summed E-state index contributed by atoms with van der Waals surface area (Å²) in [7, 11) is 3.48. The number of para-hydroxylation sites is 1. The molecule has 0 saturated heterocycles. The van der Waals surface area contributed by atoms with Crippen LogP contribution in [0.2, 0.25) is 0 Å². The van der Waals surface area contributed by atoms with Gasteiger partial charge in [-0.05, 0) is 42.3 Å². The first kappa shape index (κ1) is 22.3. The van der Waals surface area contributed by atoms with E-state index in [4.69, 9.17) is 0 Å². The number of hydrogen-bond donors (Lipinski definition) is 0. The molecule has 1 aromatic heterocycles. The topological polar surface area (TPSA) is 45.6 Å². The predicted octanol–water partition coefficient (Wildman–Crippen LogP) is 5.05. The van der Waals surface area contributed by atoms with Crippen LogP contribution in [0.15, 0.2) is 84.9 Å². The molecule has 2 amide bonds. The highest BCUT2D eigenvalue weighted by atomic mass is 16.2. The van der Waals surface area contributed by atoms with Crippen molar-refractivity contribution in [2.75, 3.05) is 20.6 Å². The predicted molar refractivity (Wildman–Crippen MR) is 132 cm³/mol. The third-order valence-electron chi connectivity index (χ3n) is 5.86. The molecule has 168 valence electrons. The van der Waals surface area contributed by atoms with Crippen molar-refractivity contribution in [1.29, 1.82) is 0 Å². The van der Waals surface area contributed by atoms with Gasteiger partial charge in [-0.2, -0.15) is 0 Å². The van der Waals surface area contributed by atoms with Crippen molar-refractivity contribution in [3.63, 3.8) is 0 Å². The maximum Gasteiger partial charge on any atom is 0.270 e. The fourth-order valence-electron chi connectivity index (χ4n) is 4.04. The van der Waals surface area contributed by atoms with Gasteiger partial charge >= 0.3 is 0 Å². The molecule has 0 bridgehead atoms. The molecule has 3 aromatic carbocycles. The molecule has 4 rings (SSSR count). The van der Waals surface area contributed by atoms with Crippen LogP contribution in [0.5, 0.6) is 0 Å². The van der Waals surface area contributed by atoms with Gasteiger partial charge in [-0.1, -0.05) is 60.7 Å². The number of carbonyl (C=O) groups is 2. The fraction of sp³-hybridized carbons (Fsp3) is 0.214. The zero-order chi connectivity index (χ0) is 23.4. The van der Waals surface area contributed by atoms with E-state index in [1.54, 1.807) is 19.0 Å². The zero-order valence-electron chi connectivity index (χ0n) is 19.4. The lowest BCUT2D eigenvalue weighted by Crippen LogP contribution is -2.32. The first-order valence-corrected chi connectivity index (χ1v) is 11.2. The van der Waals surface area contributed by atoms with Crippen molar-refractivity contribution in [3.8, 4) is 0 Å². The number of benzene rings is 3. The van der Waals surface area contributed by atoms with E-state index in [9.17, 15) is 9.59 Å². The summed E-state index contributed by atoms with van der Waals surface area (Å²) in [5.41, 5.74) is 4.51. The van der Waals surface area contributed by atoms with Gasteiger partial charge in [-0.15, -0.1) is 0 Å². The summed E-state index contributed by atoms with van der Waals surface area (Å²) in [6.45, 7) is 3.70. The number of rotatable bonds is 7. The molecule has 0 aliphatic rings. The second-order valence-corrected chi connectivity index (χ2v) is 8.38. The largest absolute Gasteiger partial charge is 0.345 e. The molecule has 0 unspecified atom stereocenters. The third-order valence-corrected chi connectivity index (χ3v) is 5.86. The van der Waals surface area contributed by atoms with Crippen molar-refractivity contribution in [3.05, 3.63) is 107 Å². The van der Waals surface area contributed by atoms with Crippen LogP contribution in [0.3, 0.4) is 0 Å². The number of amides is 2. The molecule has 0 N–H and O–H groups in total. The zero-order valence-corrected chi connectivity index (χ0v) is 19.4. The smallest absolute Gasteiger partial charge is 0.270 e. The number of hydrogen-bond acceptors (Lipinski definition) is 2. The molecular weight excluding hydrogens is 410 g/mol. The molecule has 0 saturated carbocycles.